The summed E-state index contributed by atoms with van der Waals surface area (Å²) in [6.45, 7) is 1.53. The van der Waals surface area contributed by atoms with E-state index in [-0.39, 0.29) is 11.9 Å². The molecule has 0 heterocycles. The van der Waals surface area contributed by atoms with E-state index in [1.54, 1.807) is 18.2 Å². The maximum absolute atomic E-state index is 11.5. The molecule has 0 amide bonds. The van der Waals surface area contributed by atoms with E-state index in [1.165, 1.54) is 19.8 Å². The van der Waals surface area contributed by atoms with Crippen LogP contribution in [-0.2, 0) is 0 Å². The van der Waals surface area contributed by atoms with Gasteiger partial charge in [0.05, 0.1) is 16.7 Å². The Morgan fingerprint density at radius 2 is 2.06 bits per heavy atom. The highest BCUT2D eigenvalue weighted by Crippen LogP contribution is 2.33. The van der Waals surface area contributed by atoms with Crippen molar-refractivity contribution in [3.63, 3.8) is 0 Å². The topological polar surface area (TPSA) is 26.3 Å². The van der Waals surface area contributed by atoms with Crippen molar-refractivity contribution in [2.45, 2.75) is 38.7 Å². The van der Waals surface area contributed by atoms with E-state index in [4.69, 9.17) is 16.3 Å². The summed E-state index contributed by atoms with van der Waals surface area (Å²) in [4.78, 5) is 11.5. The van der Waals surface area contributed by atoms with Gasteiger partial charge in [0.2, 0.25) is 0 Å². The minimum Gasteiger partial charge on any atom is -0.488 e. The molecule has 0 saturated heterocycles. The first-order chi connectivity index (χ1) is 7.68. The predicted octanol–water partition coefficient (Wildman–Crippen LogP) is 3.86. The molecule has 3 heteroatoms. The van der Waals surface area contributed by atoms with Crippen LogP contribution in [0.5, 0.6) is 5.75 Å². The number of carbonyl (C=O) groups excluding carboxylic acids is 1. The molecule has 0 aromatic heterocycles. The summed E-state index contributed by atoms with van der Waals surface area (Å²) in [6, 6.07) is 5.30. The molecule has 0 radical (unpaired) electrons. The Labute approximate surface area is 101 Å². The molecule has 1 aliphatic carbocycles. The SMILES string of the molecule is CC(=O)c1cccc(Cl)c1OC1CCCC1. The van der Waals surface area contributed by atoms with Crippen molar-refractivity contribution >= 4 is 17.4 Å². The van der Waals surface area contributed by atoms with Gasteiger partial charge in [-0.05, 0) is 44.7 Å². The van der Waals surface area contributed by atoms with Crippen LogP contribution in [0.2, 0.25) is 5.02 Å². The summed E-state index contributed by atoms with van der Waals surface area (Å²) in [6.07, 6.45) is 4.73. The molecule has 0 unspecified atom stereocenters. The maximum Gasteiger partial charge on any atom is 0.163 e. The molecule has 0 N–H and O–H groups in total. The average molecular weight is 239 g/mol. The van der Waals surface area contributed by atoms with Crippen LogP contribution < -0.4 is 4.74 Å². The quantitative estimate of drug-likeness (QED) is 0.748. The molecule has 2 rings (SSSR count). The van der Waals surface area contributed by atoms with Crippen LogP contribution in [0.25, 0.3) is 0 Å². The summed E-state index contributed by atoms with van der Waals surface area (Å²) < 4.78 is 5.85. The number of benzene rings is 1. The van der Waals surface area contributed by atoms with Crippen LogP contribution in [0.3, 0.4) is 0 Å². The van der Waals surface area contributed by atoms with Crippen molar-refractivity contribution < 1.29 is 9.53 Å². The third kappa shape index (κ3) is 2.38. The summed E-state index contributed by atoms with van der Waals surface area (Å²) >= 11 is 6.07. The highest BCUT2D eigenvalue weighted by Gasteiger charge is 2.20. The third-order valence-corrected chi connectivity index (χ3v) is 3.23. The summed E-state index contributed by atoms with van der Waals surface area (Å²) in [5.74, 6) is 0.555. The van der Waals surface area contributed by atoms with Crippen molar-refractivity contribution in [3.8, 4) is 5.75 Å². The Morgan fingerprint density at radius 1 is 1.38 bits per heavy atom. The van der Waals surface area contributed by atoms with Crippen LogP contribution in [0, 0.1) is 0 Å². The van der Waals surface area contributed by atoms with Gasteiger partial charge in [-0.2, -0.15) is 0 Å². The number of Topliss-reactive ketones (excluding diaryl/α,β-unsaturated/α-hetero) is 1. The van der Waals surface area contributed by atoms with E-state index in [2.05, 4.69) is 0 Å². The van der Waals surface area contributed by atoms with Crippen LogP contribution in [0.15, 0.2) is 18.2 Å². The number of rotatable bonds is 3. The summed E-state index contributed by atoms with van der Waals surface area (Å²) in [5, 5.41) is 0.527. The van der Waals surface area contributed by atoms with E-state index < -0.39 is 0 Å². The van der Waals surface area contributed by atoms with Crippen LogP contribution in [0.1, 0.15) is 43.0 Å². The van der Waals surface area contributed by atoms with Gasteiger partial charge in [-0.1, -0.05) is 17.7 Å². The molecule has 0 atom stereocenters. The van der Waals surface area contributed by atoms with E-state index >= 15 is 0 Å². The largest absolute Gasteiger partial charge is 0.488 e. The molecule has 1 aromatic rings. The lowest BCUT2D eigenvalue weighted by Crippen LogP contribution is -2.13. The van der Waals surface area contributed by atoms with E-state index in [9.17, 15) is 4.79 Å². The molecule has 1 aliphatic rings. The molecular formula is C13H15ClO2. The Morgan fingerprint density at radius 3 is 2.69 bits per heavy atom. The highest BCUT2D eigenvalue weighted by atomic mass is 35.5. The van der Waals surface area contributed by atoms with Gasteiger partial charge in [0.1, 0.15) is 5.75 Å². The van der Waals surface area contributed by atoms with Gasteiger partial charge in [0.15, 0.2) is 5.78 Å². The Balaban J connectivity index is 2.26. The van der Waals surface area contributed by atoms with Gasteiger partial charge in [0, 0.05) is 0 Å². The zero-order valence-electron chi connectivity index (χ0n) is 9.33. The summed E-state index contributed by atoms with van der Waals surface area (Å²) in [7, 11) is 0. The van der Waals surface area contributed by atoms with Gasteiger partial charge < -0.3 is 4.74 Å². The minimum atomic E-state index is -0.00417. The van der Waals surface area contributed by atoms with Crippen molar-refractivity contribution in [2.75, 3.05) is 0 Å². The lowest BCUT2D eigenvalue weighted by atomic mass is 10.1. The fraction of sp³-hybridized carbons (Fsp3) is 0.462. The number of hydrogen-bond acceptors (Lipinski definition) is 2. The van der Waals surface area contributed by atoms with Gasteiger partial charge >= 0.3 is 0 Å². The average Bonchev–Trinajstić information content (AvgIpc) is 2.73. The Bertz CT molecular complexity index is 395. The van der Waals surface area contributed by atoms with E-state index in [1.807, 2.05) is 0 Å². The second kappa shape index (κ2) is 4.88. The predicted molar refractivity (Wildman–Crippen MR) is 64.3 cm³/mol. The first-order valence-electron chi connectivity index (χ1n) is 5.64. The smallest absolute Gasteiger partial charge is 0.163 e. The number of hydrogen-bond donors (Lipinski definition) is 0. The van der Waals surface area contributed by atoms with Crippen LogP contribution in [0.4, 0.5) is 0 Å². The third-order valence-electron chi connectivity index (χ3n) is 2.93. The maximum atomic E-state index is 11.5. The molecule has 16 heavy (non-hydrogen) atoms. The number of ether oxygens (including phenoxy) is 1. The fourth-order valence-corrected chi connectivity index (χ4v) is 2.30. The molecular weight excluding hydrogens is 224 g/mol. The number of carbonyl (C=O) groups is 1. The van der Waals surface area contributed by atoms with Crippen LogP contribution >= 0.6 is 11.6 Å². The zero-order chi connectivity index (χ0) is 11.5. The van der Waals surface area contributed by atoms with Gasteiger partial charge in [-0.25, -0.2) is 0 Å². The fourth-order valence-electron chi connectivity index (χ4n) is 2.08. The number of para-hydroxylation sites is 1. The van der Waals surface area contributed by atoms with Crippen molar-refractivity contribution in [1.29, 1.82) is 0 Å². The van der Waals surface area contributed by atoms with E-state index in [0.29, 0.717) is 16.3 Å². The van der Waals surface area contributed by atoms with Crippen LogP contribution in [-0.4, -0.2) is 11.9 Å². The monoisotopic (exact) mass is 238 g/mol. The Hall–Kier alpha value is -1.02. The van der Waals surface area contributed by atoms with Crippen molar-refractivity contribution in [1.82, 2.24) is 0 Å². The molecule has 0 aliphatic heterocycles. The number of halogens is 1. The lowest BCUT2D eigenvalue weighted by Gasteiger charge is -2.16. The van der Waals surface area contributed by atoms with Gasteiger partial charge in [0.25, 0.3) is 0 Å². The molecule has 2 nitrogen and oxygen atoms in total. The molecule has 1 saturated carbocycles. The second-order valence-corrected chi connectivity index (χ2v) is 4.60. The van der Waals surface area contributed by atoms with Crippen molar-refractivity contribution in [3.05, 3.63) is 28.8 Å². The number of ketones is 1. The highest BCUT2D eigenvalue weighted by molar-refractivity contribution is 6.32. The first kappa shape index (κ1) is 11.5. The van der Waals surface area contributed by atoms with Gasteiger partial charge in [-0.3, -0.25) is 4.79 Å². The molecule has 86 valence electrons. The van der Waals surface area contributed by atoms with E-state index in [0.717, 1.165) is 12.8 Å². The zero-order valence-corrected chi connectivity index (χ0v) is 10.1. The molecule has 1 aromatic carbocycles. The minimum absolute atomic E-state index is 0.00417. The summed E-state index contributed by atoms with van der Waals surface area (Å²) in [5.41, 5.74) is 0.583. The van der Waals surface area contributed by atoms with Crippen molar-refractivity contribution in [2.24, 2.45) is 0 Å². The first-order valence-corrected chi connectivity index (χ1v) is 6.02. The molecule has 1 fully saturated rings. The molecule has 0 spiro atoms. The lowest BCUT2D eigenvalue weighted by molar-refractivity contribution is 0.101. The standard InChI is InChI=1S/C13H15ClO2/c1-9(15)11-7-4-8-12(14)13(11)16-10-5-2-3-6-10/h4,7-8,10H,2-3,5-6H2,1H3. The molecule has 0 bridgehead atoms. The second-order valence-electron chi connectivity index (χ2n) is 4.20. The Kier molecular flexibility index (Phi) is 3.49. The normalized spacial score (nSPS) is 16.4. The van der Waals surface area contributed by atoms with Gasteiger partial charge in [-0.15, -0.1) is 0 Å².